The minimum absolute atomic E-state index is 0.338. The van der Waals surface area contributed by atoms with E-state index in [1.165, 1.54) is 7.11 Å². The molecule has 2 aromatic carbocycles. The molecule has 94 valence electrons. The molecule has 0 heterocycles. The highest BCUT2D eigenvalue weighted by molar-refractivity contribution is 5.90. The maximum atomic E-state index is 11.4. The number of methoxy groups -OCH3 is 1. The Balaban J connectivity index is 2.36. The highest BCUT2D eigenvalue weighted by atomic mass is 16.5. The van der Waals surface area contributed by atoms with Crippen LogP contribution >= 0.6 is 0 Å². The summed E-state index contributed by atoms with van der Waals surface area (Å²) in [6, 6.07) is 17.1. The Morgan fingerprint density at radius 2 is 1.47 bits per heavy atom. The first kappa shape index (κ1) is 12.9. The van der Waals surface area contributed by atoms with E-state index in [9.17, 15) is 4.79 Å². The van der Waals surface area contributed by atoms with Crippen LogP contribution in [0.4, 0.5) is 0 Å². The highest BCUT2D eigenvalue weighted by Crippen LogP contribution is 2.22. The fourth-order valence-electron chi connectivity index (χ4n) is 1.87. The Labute approximate surface area is 112 Å². The first-order valence-corrected chi connectivity index (χ1v) is 5.90. The van der Waals surface area contributed by atoms with E-state index in [4.69, 9.17) is 0 Å². The lowest BCUT2D eigenvalue weighted by Crippen LogP contribution is -2.00. The topological polar surface area (TPSA) is 26.3 Å². The van der Waals surface area contributed by atoms with Gasteiger partial charge in [0.15, 0.2) is 0 Å². The number of carbonyl (C=O) groups excluding carboxylic acids is 1. The zero-order valence-electron chi connectivity index (χ0n) is 10.7. The minimum Gasteiger partial charge on any atom is -0.465 e. The van der Waals surface area contributed by atoms with Crippen molar-refractivity contribution < 1.29 is 9.53 Å². The third-order valence-electron chi connectivity index (χ3n) is 2.83. The van der Waals surface area contributed by atoms with Gasteiger partial charge in [0.05, 0.1) is 12.7 Å². The molecule has 2 aromatic rings. The van der Waals surface area contributed by atoms with Crippen LogP contribution in [-0.4, -0.2) is 13.1 Å². The Bertz CT molecular complexity index is 618. The zero-order chi connectivity index (χ0) is 13.7. The molecule has 0 aliphatic carbocycles. The molecule has 2 rings (SSSR count). The Morgan fingerprint density at radius 1 is 0.947 bits per heavy atom. The Hall–Kier alpha value is -2.57. The van der Waals surface area contributed by atoms with Crippen LogP contribution in [0, 0.1) is 0 Å². The van der Waals surface area contributed by atoms with Crippen LogP contribution in [0.2, 0.25) is 0 Å². The van der Waals surface area contributed by atoms with Gasteiger partial charge in [-0.25, -0.2) is 4.79 Å². The fourth-order valence-corrected chi connectivity index (χ4v) is 1.87. The van der Waals surface area contributed by atoms with Crippen molar-refractivity contribution in [3.8, 4) is 0 Å². The molecule has 2 nitrogen and oxygen atoms in total. The molecular weight excluding hydrogens is 236 g/mol. The molecule has 0 bridgehead atoms. The molecule has 0 aliphatic heterocycles. The van der Waals surface area contributed by atoms with E-state index in [1.54, 1.807) is 12.1 Å². The highest BCUT2D eigenvalue weighted by Gasteiger charge is 2.07. The third-order valence-corrected chi connectivity index (χ3v) is 2.83. The van der Waals surface area contributed by atoms with Crippen molar-refractivity contribution in [3.63, 3.8) is 0 Å². The summed E-state index contributed by atoms with van der Waals surface area (Å²) in [5.74, 6) is -0.338. The number of ether oxygens (including phenoxy) is 1. The molecule has 19 heavy (non-hydrogen) atoms. The van der Waals surface area contributed by atoms with E-state index in [2.05, 4.69) is 17.0 Å². The van der Waals surface area contributed by atoms with Crippen LogP contribution < -0.4 is 0 Å². The van der Waals surface area contributed by atoms with E-state index in [0.29, 0.717) is 5.56 Å². The van der Waals surface area contributed by atoms with Gasteiger partial charge in [0, 0.05) is 5.57 Å². The molecule has 0 spiro atoms. The van der Waals surface area contributed by atoms with E-state index in [0.717, 1.165) is 16.7 Å². The van der Waals surface area contributed by atoms with E-state index >= 15 is 0 Å². The van der Waals surface area contributed by atoms with Gasteiger partial charge < -0.3 is 4.74 Å². The largest absolute Gasteiger partial charge is 0.465 e. The molecule has 0 saturated heterocycles. The smallest absolute Gasteiger partial charge is 0.337 e. The van der Waals surface area contributed by atoms with Crippen LogP contribution in [0.3, 0.4) is 0 Å². The van der Waals surface area contributed by atoms with Crippen LogP contribution in [0.1, 0.15) is 21.5 Å². The van der Waals surface area contributed by atoms with E-state index < -0.39 is 0 Å². The van der Waals surface area contributed by atoms with Crippen molar-refractivity contribution in [2.45, 2.75) is 0 Å². The molecule has 0 aliphatic rings. The number of hydrogen-bond donors (Lipinski definition) is 0. The summed E-state index contributed by atoms with van der Waals surface area (Å²) in [6.07, 6.45) is 0. The first-order chi connectivity index (χ1) is 9.26. The fraction of sp³-hybridized carbons (Fsp3) is 0.0588. The standard InChI is InChI=1S/C17H14O2/c1-3-16(13-7-5-4-6-8-13)14-9-11-15(12-10-14)17(18)19-2/h4-12H,1H2,2H3. The van der Waals surface area contributed by atoms with Crippen LogP contribution in [0.15, 0.2) is 66.9 Å². The summed E-state index contributed by atoms with van der Waals surface area (Å²) < 4.78 is 4.67. The van der Waals surface area contributed by atoms with Gasteiger partial charge in [0.2, 0.25) is 0 Å². The lowest BCUT2D eigenvalue weighted by molar-refractivity contribution is 0.0601. The summed E-state index contributed by atoms with van der Waals surface area (Å²) in [5, 5.41) is 0. The number of esters is 1. The maximum Gasteiger partial charge on any atom is 0.337 e. The molecule has 0 atom stereocenters. The third kappa shape index (κ3) is 2.82. The lowest BCUT2D eigenvalue weighted by atomic mass is 9.98. The van der Waals surface area contributed by atoms with Gasteiger partial charge in [0.1, 0.15) is 0 Å². The van der Waals surface area contributed by atoms with Gasteiger partial charge >= 0.3 is 5.97 Å². The molecular formula is C17H14O2. The molecule has 0 unspecified atom stereocenters. The van der Waals surface area contributed by atoms with E-state index in [-0.39, 0.29) is 5.97 Å². The molecule has 0 aromatic heterocycles. The molecule has 0 fully saturated rings. The van der Waals surface area contributed by atoms with Crippen molar-refractivity contribution >= 4 is 11.5 Å². The van der Waals surface area contributed by atoms with Gasteiger partial charge in [-0.2, -0.15) is 0 Å². The summed E-state index contributed by atoms with van der Waals surface area (Å²) in [5.41, 5.74) is 6.40. The van der Waals surface area contributed by atoms with Gasteiger partial charge in [-0.3, -0.25) is 0 Å². The summed E-state index contributed by atoms with van der Waals surface area (Å²) in [6.45, 7) is 3.73. The number of carbonyl (C=O) groups is 1. The van der Waals surface area contributed by atoms with Gasteiger partial charge in [-0.1, -0.05) is 49.0 Å². The van der Waals surface area contributed by atoms with Crippen LogP contribution in [0.25, 0.3) is 5.57 Å². The second-order valence-corrected chi connectivity index (χ2v) is 3.99. The Morgan fingerprint density at radius 3 is 2.00 bits per heavy atom. The molecule has 2 heteroatoms. The zero-order valence-corrected chi connectivity index (χ0v) is 10.7. The Kier molecular flexibility index (Phi) is 3.97. The van der Waals surface area contributed by atoms with Gasteiger partial charge in [0.25, 0.3) is 0 Å². The van der Waals surface area contributed by atoms with Crippen molar-refractivity contribution in [1.29, 1.82) is 0 Å². The van der Waals surface area contributed by atoms with Crippen molar-refractivity contribution in [3.05, 3.63) is 83.6 Å². The SMILES string of the molecule is C=C=C(c1ccccc1)c1ccc(C(=O)OC)cc1. The van der Waals surface area contributed by atoms with Gasteiger partial charge in [-0.05, 0) is 23.3 Å². The molecule has 0 N–H and O–H groups in total. The monoisotopic (exact) mass is 250 g/mol. The van der Waals surface area contributed by atoms with Crippen LogP contribution in [-0.2, 0) is 4.74 Å². The predicted octanol–water partition coefficient (Wildman–Crippen LogP) is 3.69. The number of rotatable bonds is 3. The lowest BCUT2D eigenvalue weighted by Gasteiger charge is -2.06. The minimum atomic E-state index is -0.338. The summed E-state index contributed by atoms with van der Waals surface area (Å²) in [4.78, 5) is 11.4. The predicted molar refractivity (Wildman–Crippen MR) is 75.9 cm³/mol. The summed E-state index contributed by atoms with van der Waals surface area (Å²) in [7, 11) is 1.37. The normalized spacial score (nSPS) is 9.53. The second kappa shape index (κ2) is 5.85. The van der Waals surface area contributed by atoms with Crippen molar-refractivity contribution in [1.82, 2.24) is 0 Å². The van der Waals surface area contributed by atoms with Gasteiger partial charge in [-0.15, -0.1) is 5.73 Å². The first-order valence-electron chi connectivity index (χ1n) is 5.90. The average Bonchev–Trinajstić information content (AvgIpc) is 2.49. The number of benzene rings is 2. The second-order valence-electron chi connectivity index (χ2n) is 3.99. The maximum absolute atomic E-state index is 11.4. The van der Waals surface area contributed by atoms with Crippen molar-refractivity contribution in [2.75, 3.05) is 7.11 Å². The molecule has 0 radical (unpaired) electrons. The molecule has 0 saturated carbocycles. The summed E-state index contributed by atoms with van der Waals surface area (Å²) >= 11 is 0. The molecule has 0 amide bonds. The van der Waals surface area contributed by atoms with E-state index in [1.807, 2.05) is 42.5 Å². The average molecular weight is 250 g/mol. The van der Waals surface area contributed by atoms with Crippen LogP contribution in [0.5, 0.6) is 0 Å². The number of hydrogen-bond acceptors (Lipinski definition) is 2. The quantitative estimate of drug-likeness (QED) is 0.613. The van der Waals surface area contributed by atoms with Crippen molar-refractivity contribution in [2.24, 2.45) is 0 Å².